The zero-order chi connectivity index (χ0) is 10.6. The minimum Gasteiger partial charge on any atom is -0.380 e. The molecule has 0 aromatic heterocycles. The summed E-state index contributed by atoms with van der Waals surface area (Å²) < 4.78 is 23.9. The normalized spacial score (nSPS) is 11.9. The van der Waals surface area contributed by atoms with Gasteiger partial charge in [-0.05, 0) is 5.56 Å². The molecule has 0 unspecified atom stereocenters. The smallest absolute Gasteiger partial charge is 0.219 e. The number of sulfonamides is 1. The number of hydrogen-bond donors (Lipinski definition) is 1. The molecular formula is C9H13NO3S. The van der Waals surface area contributed by atoms with E-state index in [4.69, 9.17) is 5.11 Å². The molecule has 0 fully saturated rings. The van der Waals surface area contributed by atoms with Crippen LogP contribution in [-0.4, -0.2) is 31.6 Å². The van der Waals surface area contributed by atoms with Crippen molar-refractivity contribution in [2.75, 3.05) is 13.8 Å². The van der Waals surface area contributed by atoms with Crippen LogP contribution in [0.4, 0.5) is 0 Å². The summed E-state index contributed by atoms with van der Waals surface area (Å²) in [6.07, 6.45) is 0. The number of aliphatic hydroxyl groups is 1. The van der Waals surface area contributed by atoms with Crippen molar-refractivity contribution in [3.8, 4) is 0 Å². The van der Waals surface area contributed by atoms with Crippen molar-refractivity contribution in [3.05, 3.63) is 35.9 Å². The monoisotopic (exact) mass is 215 g/mol. The molecule has 0 amide bonds. The Kier molecular flexibility index (Phi) is 3.62. The number of rotatable bonds is 4. The molecule has 1 N–H and O–H groups in total. The molecule has 0 bridgehead atoms. The first kappa shape index (κ1) is 11.2. The van der Waals surface area contributed by atoms with Gasteiger partial charge >= 0.3 is 0 Å². The lowest BCUT2D eigenvalue weighted by atomic mass is 10.2. The molecule has 0 radical (unpaired) electrons. The third-order valence-corrected chi connectivity index (χ3v) is 3.63. The Morgan fingerprint density at radius 2 is 1.86 bits per heavy atom. The Bertz CT molecular complexity index is 374. The number of nitrogens with zero attached hydrogens (tertiary/aromatic N) is 1. The molecule has 5 heteroatoms. The SMILES string of the molecule is CN(CO)S(=O)(=O)Cc1ccccc1. The van der Waals surface area contributed by atoms with E-state index >= 15 is 0 Å². The van der Waals surface area contributed by atoms with E-state index in [1.807, 2.05) is 6.07 Å². The number of hydrogen-bond acceptors (Lipinski definition) is 3. The minimum absolute atomic E-state index is 0.0785. The second-order valence-corrected chi connectivity index (χ2v) is 5.06. The molecule has 4 nitrogen and oxygen atoms in total. The molecule has 0 saturated heterocycles. The van der Waals surface area contributed by atoms with Crippen LogP contribution in [0.3, 0.4) is 0 Å². The fourth-order valence-electron chi connectivity index (χ4n) is 0.983. The van der Waals surface area contributed by atoms with Crippen LogP contribution >= 0.6 is 0 Å². The Balaban J connectivity index is 2.79. The van der Waals surface area contributed by atoms with Crippen LogP contribution in [0.15, 0.2) is 30.3 Å². The van der Waals surface area contributed by atoms with Crippen molar-refractivity contribution < 1.29 is 13.5 Å². The first-order chi connectivity index (χ1) is 6.56. The maximum Gasteiger partial charge on any atom is 0.219 e. The topological polar surface area (TPSA) is 57.6 Å². The largest absolute Gasteiger partial charge is 0.380 e. The standard InChI is InChI=1S/C9H13NO3S/c1-10(8-11)14(12,13)7-9-5-3-2-4-6-9/h2-6,11H,7-8H2,1H3. The van der Waals surface area contributed by atoms with Crippen molar-refractivity contribution in [2.45, 2.75) is 5.75 Å². The van der Waals surface area contributed by atoms with E-state index in [-0.39, 0.29) is 5.75 Å². The molecule has 78 valence electrons. The maximum absolute atomic E-state index is 11.5. The third kappa shape index (κ3) is 2.80. The van der Waals surface area contributed by atoms with Crippen LogP contribution < -0.4 is 0 Å². The van der Waals surface area contributed by atoms with Crippen molar-refractivity contribution in [1.29, 1.82) is 0 Å². The van der Waals surface area contributed by atoms with E-state index in [9.17, 15) is 8.42 Å². The molecular weight excluding hydrogens is 202 g/mol. The van der Waals surface area contributed by atoms with Gasteiger partial charge in [0.05, 0.1) is 5.75 Å². The van der Waals surface area contributed by atoms with Gasteiger partial charge in [-0.2, -0.15) is 4.31 Å². The molecule has 0 aliphatic heterocycles. The molecule has 0 aliphatic rings. The summed E-state index contributed by atoms with van der Waals surface area (Å²) in [5, 5.41) is 8.70. The average molecular weight is 215 g/mol. The summed E-state index contributed by atoms with van der Waals surface area (Å²) in [5.74, 6) is -0.0785. The van der Waals surface area contributed by atoms with E-state index in [1.165, 1.54) is 7.05 Å². The van der Waals surface area contributed by atoms with Crippen molar-refractivity contribution in [3.63, 3.8) is 0 Å². The van der Waals surface area contributed by atoms with Crippen molar-refractivity contribution in [1.82, 2.24) is 4.31 Å². The predicted octanol–water partition coefficient (Wildman–Crippen LogP) is 0.398. The first-order valence-corrected chi connectivity index (χ1v) is 5.76. The summed E-state index contributed by atoms with van der Waals surface area (Å²) >= 11 is 0. The summed E-state index contributed by atoms with van der Waals surface area (Å²) in [5.41, 5.74) is 0.716. The van der Waals surface area contributed by atoms with Crippen LogP contribution in [0.5, 0.6) is 0 Å². The molecule has 1 aromatic carbocycles. The number of aliphatic hydroxyl groups excluding tert-OH is 1. The predicted molar refractivity (Wildman–Crippen MR) is 53.9 cm³/mol. The summed E-state index contributed by atoms with van der Waals surface area (Å²) in [6, 6.07) is 8.87. The Morgan fingerprint density at radius 1 is 1.29 bits per heavy atom. The van der Waals surface area contributed by atoms with Gasteiger partial charge in [-0.1, -0.05) is 30.3 Å². The lowest BCUT2D eigenvalue weighted by molar-refractivity contribution is 0.199. The molecule has 1 rings (SSSR count). The summed E-state index contributed by atoms with van der Waals surface area (Å²) in [6.45, 7) is -0.491. The lowest BCUT2D eigenvalue weighted by Gasteiger charge is -2.13. The van der Waals surface area contributed by atoms with Gasteiger partial charge in [-0.25, -0.2) is 8.42 Å². The molecule has 14 heavy (non-hydrogen) atoms. The van der Waals surface area contributed by atoms with E-state index in [1.54, 1.807) is 24.3 Å². The summed E-state index contributed by atoms with van der Waals surface area (Å²) in [4.78, 5) is 0. The van der Waals surface area contributed by atoms with E-state index in [0.717, 1.165) is 4.31 Å². The maximum atomic E-state index is 11.5. The van der Waals surface area contributed by atoms with Crippen LogP contribution in [0.2, 0.25) is 0 Å². The highest BCUT2D eigenvalue weighted by atomic mass is 32.2. The average Bonchev–Trinajstić information content (AvgIpc) is 2.17. The van der Waals surface area contributed by atoms with Gasteiger partial charge in [0.15, 0.2) is 0 Å². The fraction of sp³-hybridized carbons (Fsp3) is 0.333. The van der Waals surface area contributed by atoms with Crippen molar-refractivity contribution in [2.24, 2.45) is 0 Å². The molecule has 1 aromatic rings. The highest BCUT2D eigenvalue weighted by molar-refractivity contribution is 7.88. The molecule has 0 aliphatic carbocycles. The van der Waals surface area contributed by atoms with Crippen molar-refractivity contribution >= 4 is 10.0 Å². The van der Waals surface area contributed by atoms with Crippen LogP contribution in [0.25, 0.3) is 0 Å². The number of benzene rings is 1. The summed E-state index contributed by atoms with van der Waals surface area (Å²) in [7, 11) is -2.03. The highest BCUT2D eigenvalue weighted by Crippen LogP contribution is 2.07. The molecule has 0 spiro atoms. The van der Waals surface area contributed by atoms with E-state index < -0.39 is 16.8 Å². The highest BCUT2D eigenvalue weighted by Gasteiger charge is 2.16. The Labute approximate surface area is 83.8 Å². The van der Waals surface area contributed by atoms with Crippen LogP contribution in [0, 0.1) is 0 Å². The van der Waals surface area contributed by atoms with Gasteiger partial charge in [-0.15, -0.1) is 0 Å². The van der Waals surface area contributed by atoms with Gasteiger partial charge in [0.2, 0.25) is 10.0 Å². The van der Waals surface area contributed by atoms with Gasteiger partial charge < -0.3 is 5.11 Å². The van der Waals surface area contributed by atoms with E-state index in [0.29, 0.717) is 5.56 Å². The zero-order valence-electron chi connectivity index (χ0n) is 7.92. The Morgan fingerprint density at radius 3 is 2.36 bits per heavy atom. The zero-order valence-corrected chi connectivity index (χ0v) is 8.74. The quantitative estimate of drug-likeness (QED) is 0.739. The third-order valence-electron chi connectivity index (χ3n) is 1.87. The second-order valence-electron chi connectivity index (χ2n) is 2.98. The molecule has 0 heterocycles. The first-order valence-electron chi connectivity index (χ1n) is 4.15. The van der Waals surface area contributed by atoms with Gasteiger partial charge in [0.25, 0.3) is 0 Å². The van der Waals surface area contributed by atoms with Crippen LogP contribution in [0.1, 0.15) is 5.56 Å². The van der Waals surface area contributed by atoms with Gasteiger partial charge in [0, 0.05) is 7.05 Å². The fourth-order valence-corrected chi connectivity index (χ4v) is 1.99. The Hall–Kier alpha value is -0.910. The minimum atomic E-state index is -3.38. The van der Waals surface area contributed by atoms with Gasteiger partial charge in [0.1, 0.15) is 6.73 Å². The molecule has 0 saturated carbocycles. The van der Waals surface area contributed by atoms with Crippen LogP contribution in [-0.2, 0) is 15.8 Å². The molecule has 0 atom stereocenters. The van der Waals surface area contributed by atoms with E-state index in [2.05, 4.69) is 0 Å². The van der Waals surface area contributed by atoms with Gasteiger partial charge in [-0.3, -0.25) is 0 Å². The lowest BCUT2D eigenvalue weighted by Crippen LogP contribution is -2.28. The second kappa shape index (κ2) is 4.54.